The molecule has 1 aromatic carbocycles. The van der Waals surface area contributed by atoms with Gasteiger partial charge in [0, 0.05) is 10.7 Å². The summed E-state index contributed by atoms with van der Waals surface area (Å²) >= 11 is 2.21. The third-order valence-corrected chi connectivity index (χ3v) is 5.44. The minimum Gasteiger partial charge on any atom is -0.467 e. The minimum atomic E-state index is -0.929. The number of carbonyl (C=O) groups is 2. The highest BCUT2D eigenvalue weighted by Gasteiger charge is 2.44. The van der Waals surface area contributed by atoms with Crippen LogP contribution in [0, 0.1) is 3.57 Å². The lowest BCUT2D eigenvalue weighted by Gasteiger charge is -2.37. The van der Waals surface area contributed by atoms with E-state index in [1.54, 1.807) is 7.11 Å². The van der Waals surface area contributed by atoms with Crippen molar-refractivity contribution in [2.75, 3.05) is 14.2 Å². The van der Waals surface area contributed by atoms with E-state index in [-0.39, 0.29) is 24.4 Å². The average Bonchev–Trinajstić information content (AvgIpc) is 2.56. The number of ether oxygens (including phenoxy) is 2. The van der Waals surface area contributed by atoms with Crippen molar-refractivity contribution >= 4 is 34.5 Å². The van der Waals surface area contributed by atoms with E-state index in [4.69, 9.17) is 9.47 Å². The lowest BCUT2D eigenvalue weighted by atomic mass is 9.80. The molecule has 23 heavy (non-hydrogen) atoms. The van der Waals surface area contributed by atoms with Crippen LogP contribution >= 0.6 is 22.6 Å². The summed E-state index contributed by atoms with van der Waals surface area (Å²) in [5, 5.41) is 2.93. The molecular weight excluding hydrogens is 409 g/mol. The highest BCUT2D eigenvalue weighted by Crippen LogP contribution is 2.31. The Morgan fingerprint density at radius 2 is 1.91 bits per heavy atom. The van der Waals surface area contributed by atoms with Gasteiger partial charge >= 0.3 is 5.97 Å². The molecule has 0 aliphatic heterocycles. The van der Waals surface area contributed by atoms with Crippen LogP contribution in [0.25, 0.3) is 0 Å². The second kappa shape index (κ2) is 8.10. The van der Waals surface area contributed by atoms with Gasteiger partial charge in [-0.05, 0) is 59.9 Å². The van der Waals surface area contributed by atoms with Gasteiger partial charge in [0.2, 0.25) is 5.91 Å². The zero-order chi connectivity index (χ0) is 16.9. The third kappa shape index (κ3) is 4.44. The summed E-state index contributed by atoms with van der Waals surface area (Å²) in [5.74, 6) is -0.529. The summed E-state index contributed by atoms with van der Waals surface area (Å²) in [6, 6.07) is 7.73. The normalized spacial score (nSPS) is 24.0. The number of hydrogen-bond acceptors (Lipinski definition) is 4. The molecule has 0 radical (unpaired) electrons. The zero-order valence-electron chi connectivity index (χ0n) is 13.4. The number of hydrogen-bond donors (Lipinski definition) is 1. The number of benzene rings is 1. The van der Waals surface area contributed by atoms with Gasteiger partial charge in [0.25, 0.3) is 0 Å². The summed E-state index contributed by atoms with van der Waals surface area (Å²) in [4.78, 5) is 24.7. The minimum absolute atomic E-state index is 0.139. The number of esters is 1. The first-order valence-corrected chi connectivity index (χ1v) is 8.74. The Hall–Kier alpha value is -1.15. The number of nitrogens with one attached hydrogen (secondary N) is 1. The van der Waals surface area contributed by atoms with Crippen LogP contribution in [0.3, 0.4) is 0 Å². The molecular formula is C17H22INO4. The molecule has 1 aromatic rings. The van der Waals surface area contributed by atoms with Gasteiger partial charge in [0.15, 0.2) is 0 Å². The molecule has 6 heteroatoms. The molecule has 126 valence electrons. The van der Waals surface area contributed by atoms with Crippen LogP contribution in [0.5, 0.6) is 0 Å². The van der Waals surface area contributed by atoms with Crippen molar-refractivity contribution in [1.29, 1.82) is 0 Å². The summed E-state index contributed by atoms with van der Waals surface area (Å²) in [5.41, 5.74) is 0.0253. The van der Waals surface area contributed by atoms with Crippen molar-refractivity contribution in [2.45, 2.75) is 43.7 Å². The molecule has 1 saturated carbocycles. The maximum Gasteiger partial charge on any atom is 0.331 e. The van der Waals surface area contributed by atoms with E-state index < -0.39 is 5.54 Å². The lowest BCUT2D eigenvalue weighted by molar-refractivity contribution is -0.153. The van der Waals surface area contributed by atoms with Crippen LogP contribution in [0.2, 0.25) is 0 Å². The fourth-order valence-electron chi connectivity index (χ4n) is 3.02. The topological polar surface area (TPSA) is 64.6 Å². The fourth-order valence-corrected chi connectivity index (χ4v) is 3.60. The molecule has 0 saturated heterocycles. The Kier molecular flexibility index (Phi) is 6.41. The smallest absolute Gasteiger partial charge is 0.331 e. The predicted molar refractivity (Wildman–Crippen MR) is 95.0 cm³/mol. The van der Waals surface area contributed by atoms with E-state index in [9.17, 15) is 9.59 Å². The van der Waals surface area contributed by atoms with Crippen molar-refractivity contribution in [3.8, 4) is 0 Å². The highest BCUT2D eigenvalue weighted by molar-refractivity contribution is 14.1. The van der Waals surface area contributed by atoms with Crippen molar-refractivity contribution in [1.82, 2.24) is 5.32 Å². The summed E-state index contributed by atoms with van der Waals surface area (Å²) in [7, 11) is 3.03. The molecule has 5 nitrogen and oxygen atoms in total. The number of methoxy groups -OCH3 is 2. The molecule has 1 N–H and O–H groups in total. The first kappa shape index (κ1) is 18.2. The van der Waals surface area contributed by atoms with Crippen LogP contribution in [0.4, 0.5) is 0 Å². The Morgan fingerprint density at radius 3 is 2.48 bits per heavy atom. The molecule has 0 atom stereocenters. The average molecular weight is 431 g/mol. The quantitative estimate of drug-likeness (QED) is 0.575. The van der Waals surface area contributed by atoms with E-state index in [2.05, 4.69) is 27.9 Å². The van der Waals surface area contributed by atoms with Crippen LogP contribution in [0.1, 0.15) is 31.2 Å². The van der Waals surface area contributed by atoms with Crippen molar-refractivity contribution in [3.63, 3.8) is 0 Å². The number of rotatable bonds is 5. The van der Waals surface area contributed by atoms with Gasteiger partial charge in [-0.15, -0.1) is 0 Å². The van der Waals surface area contributed by atoms with Crippen LogP contribution < -0.4 is 5.32 Å². The van der Waals surface area contributed by atoms with Crippen molar-refractivity contribution < 1.29 is 19.1 Å². The second-order valence-electron chi connectivity index (χ2n) is 5.83. The molecule has 0 unspecified atom stereocenters. The molecule has 0 spiro atoms. The monoisotopic (exact) mass is 431 g/mol. The van der Waals surface area contributed by atoms with Gasteiger partial charge in [-0.3, -0.25) is 4.79 Å². The van der Waals surface area contributed by atoms with E-state index in [1.165, 1.54) is 7.11 Å². The fraction of sp³-hybridized carbons (Fsp3) is 0.529. The standard InChI is InChI=1S/C17H22INO4/c1-22-13-7-9-17(10-8-13,16(21)23-2)19-15(20)11-12-5-3-4-6-14(12)18/h3-6,13H,7-11H2,1-2H3,(H,19,20). The highest BCUT2D eigenvalue weighted by atomic mass is 127. The van der Waals surface area contributed by atoms with E-state index >= 15 is 0 Å². The Morgan fingerprint density at radius 1 is 1.26 bits per heavy atom. The Balaban J connectivity index is 2.08. The first-order valence-electron chi connectivity index (χ1n) is 7.66. The van der Waals surface area contributed by atoms with Gasteiger partial charge in [0.1, 0.15) is 5.54 Å². The molecule has 2 rings (SSSR count). The summed E-state index contributed by atoms with van der Waals surface area (Å²) in [6.07, 6.45) is 2.93. The Labute approximate surface area is 150 Å². The molecule has 0 aromatic heterocycles. The first-order chi connectivity index (χ1) is 11.0. The molecule has 1 aliphatic rings. The van der Waals surface area contributed by atoms with E-state index in [1.807, 2.05) is 24.3 Å². The second-order valence-corrected chi connectivity index (χ2v) is 6.99. The zero-order valence-corrected chi connectivity index (χ0v) is 15.6. The van der Waals surface area contributed by atoms with E-state index in [0.717, 1.165) is 22.0 Å². The van der Waals surface area contributed by atoms with Gasteiger partial charge in [-0.1, -0.05) is 18.2 Å². The largest absolute Gasteiger partial charge is 0.467 e. The maximum atomic E-state index is 12.5. The predicted octanol–water partition coefficient (Wildman–Crippen LogP) is 2.45. The molecule has 1 amide bonds. The van der Waals surface area contributed by atoms with Crippen molar-refractivity contribution in [3.05, 3.63) is 33.4 Å². The van der Waals surface area contributed by atoms with Crippen LogP contribution in [0.15, 0.2) is 24.3 Å². The molecule has 1 aliphatic carbocycles. The van der Waals surface area contributed by atoms with Gasteiger partial charge in [0.05, 0.1) is 19.6 Å². The van der Waals surface area contributed by atoms with Gasteiger partial charge in [-0.2, -0.15) is 0 Å². The SMILES string of the molecule is COC(=O)C1(NC(=O)Cc2ccccc2I)CCC(OC)CC1. The summed E-state index contributed by atoms with van der Waals surface area (Å²) in [6.45, 7) is 0. The lowest BCUT2D eigenvalue weighted by Crippen LogP contribution is -2.57. The number of carbonyl (C=O) groups excluding carboxylic acids is 2. The van der Waals surface area contributed by atoms with Crippen LogP contribution in [-0.2, 0) is 25.5 Å². The summed E-state index contributed by atoms with van der Waals surface area (Å²) < 4.78 is 11.3. The maximum absolute atomic E-state index is 12.5. The molecule has 0 bridgehead atoms. The van der Waals surface area contributed by atoms with Gasteiger partial charge in [-0.25, -0.2) is 4.79 Å². The van der Waals surface area contributed by atoms with Gasteiger partial charge < -0.3 is 14.8 Å². The van der Waals surface area contributed by atoms with E-state index in [0.29, 0.717) is 12.8 Å². The number of amides is 1. The van der Waals surface area contributed by atoms with Crippen molar-refractivity contribution in [2.24, 2.45) is 0 Å². The Bertz CT molecular complexity index is 567. The van der Waals surface area contributed by atoms with Crippen LogP contribution in [-0.4, -0.2) is 37.7 Å². The molecule has 0 heterocycles. The third-order valence-electron chi connectivity index (χ3n) is 4.38. The number of halogens is 1. The molecule has 1 fully saturated rings.